The maximum atomic E-state index is 13.3. The molecule has 0 bridgehead atoms. The number of anilines is 1. The lowest BCUT2D eigenvalue weighted by molar-refractivity contribution is 0.150. The number of alkyl halides is 2. The second-order valence-electron chi connectivity index (χ2n) is 6.49. The highest BCUT2D eigenvalue weighted by molar-refractivity contribution is 7.16. The number of thiazole rings is 1. The van der Waals surface area contributed by atoms with Gasteiger partial charge in [0.2, 0.25) is 0 Å². The van der Waals surface area contributed by atoms with Gasteiger partial charge in [-0.25, -0.2) is 13.8 Å². The van der Waals surface area contributed by atoms with E-state index in [0.717, 1.165) is 53.7 Å². The highest BCUT2D eigenvalue weighted by Crippen LogP contribution is 2.35. The van der Waals surface area contributed by atoms with Crippen LogP contribution in [0.4, 0.5) is 13.8 Å². The monoisotopic (exact) mass is 465 g/mol. The number of ether oxygens (including phenoxy) is 1. The molecule has 2 N–H and O–H groups in total. The second-order valence-corrected chi connectivity index (χ2v) is 7.52. The van der Waals surface area contributed by atoms with Crippen molar-refractivity contribution in [2.24, 2.45) is 0 Å². The van der Waals surface area contributed by atoms with Crippen LogP contribution < -0.4 is 21.2 Å². The highest BCUT2D eigenvalue weighted by Gasteiger charge is 2.28. The van der Waals surface area contributed by atoms with Gasteiger partial charge in [-0.3, -0.25) is 4.98 Å². The van der Waals surface area contributed by atoms with Gasteiger partial charge in [0.05, 0.1) is 11.0 Å². The number of rotatable bonds is 5. The van der Waals surface area contributed by atoms with E-state index in [1.54, 1.807) is 13.3 Å². The molecule has 0 aromatic carbocycles. The molecule has 1 saturated heterocycles. The molecule has 0 saturated carbocycles. The SMILES string of the molecule is COCCC1CN(C2=c3ncccc3=CNc3sc(C(F)F)nc32)CCN1.Cl.Cl. The largest absolute Gasteiger partial charge is 0.385 e. The number of methoxy groups -OCH3 is 1. The fourth-order valence-corrected chi connectivity index (χ4v) is 4.25. The molecule has 0 aliphatic carbocycles. The summed E-state index contributed by atoms with van der Waals surface area (Å²) in [5.41, 5.74) is 1.37. The Kier molecular flexibility index (Phi) is 8.59. The van der Waals surface area contributed by atoms with Gasteiger partial charge in [-0.15, -0.1) is 24.8 Å². The summed E-state index contributed by atoms with van der Waals surface area (Å²) in [5, 5.41) is 8.78. The minimum atomic E-state index is -2.59. The molecule has 2 aliphatic rings. The number of nitrogens with zero attached hydrogens (tertiary/aromatic N) is 3. The number of hydrogen-bond donors (Lipinski definition) is 2. The van der Waals surface area contributed by atoms with E-state index in [9.17, 15) is 8.78 Å². The Morgan fingerprint density at radius 2 is 2.21 bits per heavy atom. The first-order valence-electron chi connectivity index (χ1n) is 8.86. The van der Waals surface area contributed by atoms with Crippen molar-refractivity contribution in [3.63, 3.8) is 0 Å². The fraction of sp³-hybridized carbons (Fsp3) is 0.444. The summed E-state index contributed by atoms with van der Waals surface area (Å²) >= 11 is 0.995. The quantitative estimate of drug-likeness (QED) is 0.703. The zero-order valence-corrected chi connectivity index (χ0v) is 18.2. The third-order valence-corrected chi connectivity index (χ3v) is 5.71. The molecular formula is C18H23Cl2F2N5OS. The number of halogens is 4. The maximum Gasteiger partial charge on any atom is 0.289 e. The van der Waals surface area contributed by atoms with E-state index in [-0.39, 0.29) is 35.9 Å². The number of pyridine rings is 1. The third-order valence-electron chi connectivity index (χ3n) is 4.72. The predicted octanol–water partition coefficient (Wildman–Crippen LogP) is 1.95. The average molecular weight is 466 g/mol. The number of hydrogen-bond acceptors (Lipinski definition) is 7. The number of fused-ring (bicyclic) bond motifs is 2. The molecule has 0 amide bonds. The molecule has 160 valence electrons. The van der Waals surface area contributed by atoms with Crippen LogP contribution in [-0.2, 0) is 4.74 Å². The summed E-state index contributed by atoms with van der Waals surface area (Å²) in [4.78, 5) is 11.0. The molecule has 4 rings (SSSR count). The van der Waals surface area contributed by atoms with Gasteiger partial charge in [-0.2, -0.15) is 0 Å². The molecule has 2 aromatic rings. The van der Waals surface area contributed by atoms with Crippen molar-refractivity contribution in [1.29, 1.82) is 0 Å². The van der Waals surface area contributed by atoms with Gasteiger partial charge < -0.3 is 20.3 Å². The second kappa shape index (κ2) is 10.5. The lowest BCUT2D eigenvalue weighted by atomic mass is 10.1. The molecule has 0 radical (unpaired) electrons. The summed E-state index contributed by atoms with van der Waals surface area (Å²) in [6.07, 6.45) is 1.83. The van der Waals surface area contributed by atoms with Gasteiger partial charge >= 0.3 is 0 Å². The van der Waals surface area contributed by atoms with Crippen LogP contribution in [0.1, 0.15) is 23.5 Å². The Morgan fingerprint density at radius 3 is 2.97 bits per heavy atom. The Balaban J connectivity index is 0.00000150. The van der Waals surface area contributed by atoms with Crippen LogP contribution in [0.25, 0.3) is 11.9 Å². The fourth-order valence-electron chi connectivity index (χ4n) is 3.46. The van der Waals surface area contributed by atoms with Crippen LogP contribution >= 0.6 is 36.2 Å². The van der Waals surface area contributed by atoms with E-state index in [0.29, 0.717) is 17.3 Å². The van der Waals surface area contributed by atoms with Crippen LogP contribution in [0.2, 0.25) is 0 Å². The molecule has 1 unspecified atom stereocenters. The number of nitrogens with one attached hydrogen (secondary N) is 2. The first-order chi connectivity index (χ1) is 13.2. The lowest BCUT2D eigenvalue weighted by Crippen LogP contribution is -2.52. The zero-order chi connectivity index (χ0) is 18.8. The smallest absolute Gasteiger partial charge is 0.289 e. The van der Waals surface area contributed by atoms with Gasteiger partial charge in [-0.1, -0.05) is 11.3 Å². The van der Waals surface area contributed by atoms with Crippen molar-refractivity contribution in [1.82, 2.24) is 20.2 Å². The van der Waals surface area contributed by atoms with Crippen molar-refractivity contribution < 1.29 is 13.5 Å². The van der Waals surface area contributed by atoms with Crippen molar-refractivity contribution in [2.45, 2.75) is 18.9 Å². The van der Waals surface area contributed by atoms with Gasteiger partial charge in [-0.05, 0) is 18.6 Å². The highest BCUT2D eigenvalue weighted by atomic mass is 35.5. The number of aromatic nitrogens is 2. The molecule has 2 aromatic heterocycles. The van der Waals surface area contributed by atoms with Crippen molar-refractivity contribution in [2.75, 3.05) is 38.7 Å². The van der Waals surface area contributed by atoms with Crippen LogP contribution in [0.5, 0.6) is 0 Å². The molecule has 1 fully saturated rings. The average Bonchev–Trinajstić information content (AvgIpc) is 3.04. The summed E-state index contributed by atoms with van der Waals surface area (Å²) in [5.74, 6) is 0. The topological polar surface area (TPSA) is 62.3 Å². The molecule has 4 heterocycles. The molecule has 11 heteroatoms. The maximum absolute atomic E-state index is 13.3. The van der Waals surface area contributed by atoms with Gasteiger partial charge in [0.1, 0.15) is 10.7 Å². The van der Waals surface area contributed by atoms with Crippen molar-refractivity contribution in [3.8, 4) is 0 Å². The molecular weight excluding hydrogens is 443 g/mol. The minimum absolute atomic E-state index is 0. The predicted molar refractivity (Wildman–Crippen MR) is 116 cm³/mol. The molecule has 0 spiro atoms. The molecule has 1 atom stereocenters. The number of piperazine rings is 1. The lowest BCUT2D eigenvalue weighted by Gasteiger charge is -2.36. The van der Waals surface area contributed by atoms with Crippen LogP contribution in [0.3, 0.4) is 0 Å². The third kappa shape index (κ3) is 4.97. The summed E-state index contributed by atoms with van der Waals surface area (Å²) in [6.45, 7) is 2.98. The Bertz CT molecular complexity index is 943. The molecule has 29 heavy (non-hydrogen) atoms. The van der Waals surface area contributed by atoms with E-state index < -0.39 is 6.43 Å². The summed E-state index contributed by atoms with van der Waals surface area (Å²) < 4.78 is 31.7. The summed E-state index contributed by atoms with van der Waals surface area (Å²) in [6, 6.07) is 4.09. The Labute approximate surface area is 183 Å². The standard InChI is InChI=1S/C18H21F2N5OS.2ClH/c1-26-8-4-12-10-25(7-6-21-12)15-13-11(3-2-5-22-13)9-23-17-14(15)24-18(27-17)16(19)20;;/h2-3,5,9,12,16,21,23H,4,6-8,10H2,1H3;2*1H. The van der Waals surface area contributed by atoms with E-state index >= 15 is 0 Å². The van der Waals surface area contributed by atoms with Gasteiger partial charge in [0.25, 0.3) is 6.43 Å². The minimum Gasteiger partial charge on any atom is -0.385 e. The first kappa shape index (κ1) is 23.8. The first-order valence-corrected chi connectivity index (χ1v) is 9.67. The van der Waals surface area contributed by atoms with E-state index in [1.165, 1.54) is 0 Å². The summed E-state index contributed by atoms with van der Waals surface area (Å²) in [7, 11) is 1.69. The van der Waals surface area contributed by atoms with Gasteiger partial charge in [0.15, 0.2) is 5.01 Å². The van der Waals surface area contributed by atoms with E-state index in [2.05, 4.69) is 25.5 Å². The van der Waals surface area contributed by atoms with E-state index in [1.807, 2.05) is 18.3 Å². The molecule has 6 nitrogen and oxygen atoms in total. The Hall–Kier alpha value is -1.52. The van der Waals surface area contributed by atoms with Gasteiger partial charge in [0, 0.05) is 57.0 Å². The van der Waals surface area contributed by atoms with Crippen molar-refractivity contribution >= 4 is 53.0 Å². The van der Waals surface area contributed by atoms with Crippen LogP contribution in [0, 0.1) is 0 Å². The Morgan fingerprint density at radius 1 is 1.38 bits per heavy atom. The van der Waals surface area contributed by atoms with E-state index in [4.69, 9.17) is 4.74 Å². The van der Waals surface area contributed by atoms with Crippen LogP contribution in [0.15, 0.2) is 18.3 Å². The molecule has 2 aliphatic heterocycles. The normalized spacial score (nSPS) is 17.9. The van der Waals surface area contributed by atoms with Crippen molar-refractivity contribution in [3.05, 3.63) is 39.6 Å². The van der Waals surface area contributed by atoms with Crippen LogP contribution in [-0.4, -0.2) is 54.3 Å². The zero-order valence-electron chi connectivity index (χ0n) is 15.7.